The first kappa shape index (κ1) is 15.0. The van der Waals surface area contributed by atoms with E-state index in [1.165, 1.54) is 5.56 Å². The zero-order valence-electron chi connectivity index (χ0n) is 12.4. The molecule has 2 nitrogen and oxygen atoms in total. The van der Waals surface area contributed by atoms with Crippen LogP contribution >= 0.6 is 0 Å². The molecule has 0 bridgehead atoms. The van der Waals surface area contributed by atoms with Gasteiger partial charge in [0.25, 0.3) is 0 Å². The summed E-state index contributed by atoms with van der Waals surface area (Å²) in [5, 5.41) is 3.50. The molecule has 0 heterocycles. The average Bonchev–Trinajstić information content (AvgIpc) is 2.33. The van der Waals surface area contributed by atoms with Crippen molar-refractivity contribution in [2.45, 2.75) is 46.6 Å². The molecule has 1 unspecified atom stereocenters. The predicted molar refractivity (Wildman–Crippen MR) is 78.2 cm³/mol. The van der Waals surface area contributed by atoms with Crippen LogP contribution in [0.1, 0.15) is 40.2 Å². The Labute approximate surface area is 112 Å². The molecule has 1 atom stereocenters. The van der Waals surface area contributed by atoms with Crippen molar-refractivity contribution in [2.75, 3.05) is 13.2 Å². The second-order valence-corrected chi connectivity index (χ2v) is 6.05. The minimum Gasteiger partial charge on any atom is -0.493 e. The molecule has 1 aromatic carbocycles. The van der Waals surface area contributed by atoms with E-state index in [1.54, 1.807) is 0 Å². The molecule has 1 aromatic rings. The lowest BCUT2D eigenvalue weighted by Crippen LogP contribution is -2.39. The highest BCUT2D eigenvalue weighted by molar-refractivity contribution is 5.28. The van der Waals surface area contributed by atoms with Crippen molar-refractivity contribution in [1.82, 2.24) is 5.32 Å². The summed E-state index contributed by atoms with van der Waals surface area (Å²) in [5.74, 6) is 1.49. The molecule has 0 saturated carbocycles. The van der Waals surface area contributed by atoms with Crippen molar-refractivity contribution in [3.05, 3.63) is 29.8 Å². The molecule has 18 heavy (non-hydrogen) atoms. The molecule has 0 saturated heterocycles. The summed E-state index contributed by atoms with van der Waals surface area (Å²) >= 11 is 0. The van der Waals surface area contributed by atoms with Gasteiger partial charge in [-0.2, -0.15) is 0 Å². The van der Waals surface area contributed by atoms with Crippen LogP contribution in [-0.2, 0) is 6.42 Å². The maximum Gasteiger partial charge on any atom is 0.119 e. The van der Waals surface area contributed by atoms with Crippen LogP contribution in [0.25, 0.3) is 0 Å². The summed E-state index contributed by atoms with van der Waals surface area (Å²) < 4.78 is 5.84. The van der Waals surface area contributed by atoms with Crippen LogP contribution in [0.15, 0.2) is 24.3 Å². The number of hydrogen-bond donors (Lipinski definition) is 1. The van der Waals surface area contributed by atoms with Crippen molar-refractivity contribution in [1.29, 1.82) is 0 Å². The zero-order chi connectivity index (χ0) is 13.6. The number of hydrogen-bond acceptors (Lipinski definition) is 2. The number of nitrogens with one attached hydrogen (secondary N) is 1. The molecule has 0 aliphatic rings. The standard InChI is InChI=1S/C16H27NO/c1-6-14-8-7-9-15(10-14)18-12-13(2)11-17-16(3,4)5/h7-10,13,17H,6,11-12H2,1-5H3. The largest absolute Gasteiger partial charge is 0.493 e. The van der Waals surface area contributed by atoms with Gasteiger partial charge in [0.2, 0.25) is 0 Å². The van der Waals surface area contributed by atoms with Gasteiger partial charge in [0, 0.05) is 18.0 Å². The molecule has 1 rings (SSSR count). The number of aryl methyl sites for hydroxylation is 1. The van der Waals surface area contributed by atoms with E-state index in [-0.39, 0.29) is 5.54 Å². The van der Waals surface area contributed by atoms with Crippen LogP contribution in [0.5, 0.6) is 5.75 Å². The van der Waals surface area contributed by atoms with Crippen molar-refractivity contribution in [3.63, 3.8) is 0 Å². The second-order valence-electron chi connectivity index (χ2n) is 6.05. The first-order valence-corrected chi connectivity index (χ1v) is 6.87. The van der Waals surface area contributed by atoms with Crippen molar-refractivity contribution < 1.29 is 4.74 Å². The van der Waals surface area contributed by atoms with Crippen LogP contribution in [0.3, 0.4) is 0 Å². The predicted octanol–water partition coefficient (Wildman–Crippen LogP) is 3.65. The lowest BCUT2D eigenvalue weighted by atomic mass is 10.1. The summed E-state index contributed by atoms with van der Waals surface area (Å²) in [6.07, 6.45) is 1.05. The van der Waals surface area contributed by atoms with E-state index in [9.17, 15) is 0 Å². The Morgan fingerprint density at radius 1 is 1.28 bits per heavy atom. The van der Waals surface area contributed by atoms with Gasteiger partial charge in [0.1, 0.15) is 5.75 Å². The van der Waals surface area contributed by atoms with Crippen LogP contribution in [0.2, 0.25) is 0 Å². The molecule has 0 amide bonds. The van der Waals surface area contributed by atoms with Gasteiger partial charge in [-0.25, -0.2) is 0 Å². The quantitative estimate of drug-likeness (QED) is 0.831. The monoisotopic (exact) mass is 249 g/mol. The highest BCUT2D eigenvalue weighted by Crippen LogP contribution is 2.14. The van der Waals surface area contributed by atoms with Crippen LogP contribution in [0, 0.1) is 5.92 Å². The van der Waals surface area contributed by atoms with Gasteiger partial charge in [0.15, 0.2) is 0 Å². The summed E-state index contributed by atoms with van der Waals surface area (Å²) in [4.78, 5) is 0. The fourth-order valence-corrected chi connectivity index (χ4v) is 1.63. The topological polar surface area (TPSA) is 21.3 Å². The van der Waals surface area contributed by atoms with E-state index in [1.807, 2.05) is 6.07 Å². The van der Waals surface area contributed by atoms with Crippen molar-refractivity contribution in [2.24, 2.45) is 5.92 Å². The fourth-order valence-electron chi connectivity index (χ4n) is 1.63. The summed E-state index contributed by atoms with van der Waals surface area (Å²) in [5.41, 5.74) is 1.50. The lowest BCUT2D eigenvalue weighted by molar-refractivity contribution is 0.244. The van der Waals surface area contributed by atoms with Gasteiger partial charge in [-0.05, 0) is 44.9 Å². The highest BCUT2D eigenvalue weighted by atomic mass is 16.5. The van der Waals surface area contributed by atoms with Gasteiger partial charge in [0.05, 0.1) is 6.61 Å². The van der Waals surface area contributed by atoms with Crippen LogP contribution in [-0.4, -0.2) is 18.7 Å². The smallest absolute Gasteiger partial charge is 0.119 e. The lowest BCUT2D eigenvalue weighted by Gasteiger charge is -2.23. The Balaban J connectivity index is 2.35. The number of rotatable bonds is 6. The van der Waals surface area contributed by atoms with Gasteiger partial charge in [-0.1, -0.05) is 26.0 Å². The normalized spacial score (nSPS) is 13.4. The Morgan fingerprint density at radius 3 is 2.61 bits per heavy atom. The van der Waals surface area contributed by atoms with Crippen molar-refractivity contribution in [3.8, 4) is 5.75 Å². The van der Waals surface area contributed by atoms with Crippen LogP contribution < -0.4 is 10.1 Å². The molecular weight excluding hydrogens is 222 g/mol. The maximum atomic E-state index is 5.84. The van der Waals surface area contributed by atoms with Gasteiger partial charge < -0.3 is 10.1 Å². The molecule has 0 aliphatic carbocycles. The van der Waals surface area contributed by atoms with E-state index < -0.39 is 0 Å². The minimum absolute atomic E-state index is 0.177. The highest BCUT2D eigenvalue weighted by Gasteiger charge is 2.11. The summed E-state index contributed by atoms with van der Waals surface area (Å²) in [6, 6.07) is 8.36. The van der Waals surface area contributed by atoms with Crippen molar-refractivity contribution >= 4 is 0 Å². The molecule has 0 radical (unpaired) electrons. The Bertz CT molecular complexity index is 354. The van der Waals surface area contributed by atoms with E-state index in [0.29, 0.717) is 5.92 Å². The minimum atomic E-state index is 0.177. The average molecular weight is 249 g/mol. The first-order valence-electron chi connectivity index (χ1n) is 6.87. The van der Waals surface area contributed by atoms with Gasteiger partial charge >= 0.3 is 0 Å². The number of benzene rings is 1. The van der Waals surface area contributed by atoms with E-state index in [4.69, 9.17) is 4.74 Å². The van der Waals surface area contributed by atoms with E-state index in [0.717, 1.165) is 25.3 Å². The Hall–Kier alpha value is -1.02. The third kappa shape index (κ3) is 6.06. The molecule has 2 heteroatoms. The van der Waals surface area contributed by atoms with E-state index >= 15 is 0 Å². The Kier molecular flexibility index (Phi) is 5.67. The van der Waals surface area contributed by atoms with Gasteiger partial charge in [-0.15, -0.1) is 0 Å². The maximum absolute atomic E-state index is 5.84. The fraction of sp³-hybridized carbons (Fsp3) is 0.625. The van der Waals surface area contributed by atoms with Gasteiger partial charge in [-0.3, -0.25) is 0 Å². The molecule has 0 aromatic heterocycles. The molecule has 0 fully saturated rings. The number of ether oxygens (including phenoxy) is 1. The first-order chi connectivity index (χ1) is 8.40. The molecule has 102 valence electrons. The molecule has 0 spiro atoms. The molecule has 1 N–H and O–H groups in total. The van der Waals surface area contributed by atoms with E-state index in [2.05, 4.69) is 58.1 Å². The SMILES string of the molecule is CCc1cccc(OCC(C)CNC(C)(C)C)c1. The zero-order valence-corrected chi connectivity index (χ0v) is 12.4. The third-order valence-electron chi connectivity index (χ3n) is 2.82. The Morgan fingerprint density at radius 2 is 2.00 bits per heavy atom. The third-order valence-corrected chi connectivity index (χ3v) is 2.82. The molecule has 0 aliphatic heterocycles. The summed E-state index contributed by atoms with van der Waals surface area (Å²) in [7, 11) is 0. The molecular formula is C16H27NO. The summed E-state index contributed by atoms with van der Waals surface area (Å²) in [6.45, 7) is 12.7. The van der Waals surface area contributed by atoms with Crippen LogP contribution in [0.4, 0.5) is 0 Å². The second kappa shape index (κ2) is 6.79.